The lowest BCUT2D eigenvalue weighted by molar-refractivity contribution is 0.179. The molecule has 1 saturated heterocycles. The third-order valence-corrected chi connectivity index (χ3v) is 3.90. The Balaban J connectivity index is 1.94. The van der Waals surface area contributed by atoms with E-state index in [1.54, 1.807) is 12.3 Å². The number of alkyl halides is 1. The molecule has 2 nitrogen and oxygen atoms in total. The maximum absolute atomic E-state index is 13.0. The summed E-state index contributed by atoms with van der Waals surface area (Å²) in [5, 5.41) is 1.06. The van der Waals surface area contributed by atoms with Crippen molar-refractivity contribution in [2.75, 3.05) is 18.4 Å². The van der Waals surface area contributed by atoms with Crippen LogP contribution in [0.4, 0.5) is 4.39 Å². The lowest BCUT2D eigenvalue weighted by Crippen LogP contribution is -2.35. The molecule has 1 fully saturated rings. The van der Waals surface area contributed by atoms with Crippen molar-refractivity contribution < 1.29 is 4.39 Å². The predicted octanol–water partition coefficient (Wildman–Crippen LogP) is 2.83. The van der Waals surface area contributed by atoms with Crippen LogP contribution >= 0.6 is 15.9 Å². The zero-order chi connectivity index (χ0) is 11.4. The van der Waals surface area contributed by atoms with Gasteiger partial charge in [-0.1, -0.05) is 15.9 Å². The van der Waals surface area contributed by atoms with Crippen molar-refractivity contribution >= 4 is 15.9 Å². The van der Waals surface area contributed by atoms with Gasteiger partial charge in [0.05, 0.1) is 6.20 Å². The first-order valence-electron chi connectivity index (χ1n) is 5.65. The van der Waals surface area contributed by atoms with Gasteiger partial charge in [-0.15, -0.1) is 0 Å². The van der Waals surface area contributed by atoms with E-state index in [9.17, 15) is 4.39 Å². The monoisotopic (exact) mass is 286 g/mol. The summed E-state index contributed by atoms with van der Waals surface area (Å²) in [5.41, 5.74) is 0.968. The second-order valence-corrected chi connectivity index (χ2v) is 5.06. The molecule has 0 amide bonds. The molecule has 1 aromatic rings. The van der Waals surface area contributed by atoms with Crippen molar-refractivity contribution in [2.24, 2.45) is 5.92 Å². The van der Waals surface area contributed by atoms with Gasteiger partial charge >= 0.3 is 0 Å². The molecule has 0 spiro atoms. The van der Waals surface area contributed by atoms with Crippen molar-refractivity contribution in [1.29, 1.82) is 0 Å². The molecule has 1 aliphatic rings. The van der Waals surface area contributed by atoms with E-state index in [1.165, 1.54) is 19.0 Å². The smallest absolute Gasteiger partial charge is 0.141 e. The third-order valence-electron chi connectivity index (χ3n) is 2.99. The van der Waals surface area contributed by atoms with E-state index < -0.39 is 0 Å². The molecule has 88 valence electrons. The van der Waals surface area contributed by atoms with Crippen molar-refractivity contribution in [3.05, 3.63) is 29.8 Å². The predicted molar refractivity (Wildman–Crippen MR) is 66.0 cm³/mol. The minimum absolute atomic E-state index is 0.244. The minimum atomic E-state index is -0.244. The Morgan fingerprint density at radius 3 is 3.12 bits per heavy atom. The van der Waals surface area contributed by atoms with Crippen LogP contribution in [-0.4, -0.2) is 28.3 Å². The average Bonchev–Trinajstić information content (AvgIpc) is 2.29. The van der Waals surface area contributed by atoms with E-state index in [0.29, 0.717) is 0 Å². The van der Waals surface area contributed by atoms with Gasteiger partial charge in [0, 0.05) is 24.6 Å². The fraction of sp³-hybridized carbons (Fsp3) is 0.583. The summed E-state index contributed by atoms with van der Waals surface area (Å²) < 4.78 is 13.0. The Kier molecular flexibility index (Phi) is 4.29. The summed E-state index contributed by atoms with van der Waals surface area (Å²) >= 11 is 3.54. The Labute approximate surface area is 104 Å². The van der Waals surface area contributed by atoms with Crippen molar-refractivity contribution in [1.82, 2.24) is 9.88 Å². The molecular weight excluding hydrogens is 271 g/mol. The molecule has 1 unspecified atom stereocenters. The second-order valence-electron chi connectivity index (χ2n) is 4.41. The topological polar surface area (TPSA) is 16.1 Å². The van der Waals surface area contributed by atoms with Crippen LogP contribution in [0.2, 0.25) is 0 Å². The Morgan fingerprint density at radius 1 is 1.50 bits per heavy atom. The number of halogens is 2. The van der Waals surface area contributed by atoms with Crippen molar-refractivity contribution in [3.63, 3.8) is 0 Å². The molecule has 0 aromatic carbocycles. The second kappa shape index (κ2) is 5.73. The fourth-order valence-corrected chi connectivity index (χ4v) is 2.75. The number of hydrogen-bond donors (Lipinski definition) is 0. The first-order chi connectivity index (χ1) is 7.78. The molecule has 16 heavy (non-hydrogen) atoms. The lowest BCUT2D eigenvalue weighted by Gasteiger charge is -2.31. The standard InChI is InChI=1S/C12H16BrFN2/c13-5-10-2-1-3-16(8-10)9-11-4-12(14)7-15-6-11/h4,6-7,10H,1-3,5,8-9H2. The van der Waals surface area contributed by atoms with Crippen molar-refractivity contribution in [3.8, 4) is 0 Å². The number of piperidine rings is 1. The lowest BCUT2D eigenvalue weighted by atomic mass is 10.00. The molecule has 0 radical (unpaired) electrons. The molecule has 0 aliphatic carbocycles. The number of aromatic nitrogens is 1. The Hall–Kier alpha value is -0.480. The summed E-state index contributed by atoms with van der Waals surface area (Å²) in [5.74, 6) is 0.488. The normalized spacial score (nSPS) is 22.2. The van der Waals surface area contributed by atoms with Crippen LogP contribution in [0.5, 0.6) is 0 Å². The first-order valence-corrected chi connectivity index (χ1v) is 6.78. The summed E-state index contributed by atoms with van der Waals surface area (Å²) in [4.78, 5) is 6.26. The SMILES string of the molecule is Fc1cncc(CN2CCCC(CBr)C2)c1. The van der Waals surface area contributed by atoms with E-state index in [1.807, 2.05) is 0 Å². The number of likely N-dealkylation sites (tertiary alicyclic amines) is 1. The summed E-state index contributed by atoms with van der Waals surface area (Å²) in [7, 11) is 0. The summed E-state index contributed by atoms with van der Waals surface area (Å²) in [6.45, 7) is 3.02. The van der Waals surface area contributed by atoms with E-state index in [-0.39, 0.29) is 5.82 Å². The summed E-state index contributed by atoms with van der Waals surface area (Å²) in [6, 6.07) is 1.57. The Morgan fingerprint density at radius 2 is 2.38 bits per heavy atom. The number of pyridine rings is 1. The van der Waals surface area contributed by atoms with Gasteiger partial charge in [-0.05, 0) is 36.9 Å². The zero-order valence-corrected chi connectivity index (χ0v) is 10.8. The van der Waals surface area contributed by atoms with Crippen molar-refractivity contribution in [2.45, 2.75) is 19.4 Å². The summed E-state index contributed by atoms with van der Waals surface area (Å²) in [6.07, 6.45) is 5.53. The maximum Gasteiger partial charge on any atom is 0.141 e. The van der Waals surface area contributed by atoms with E-state index in [2.05, 4.69) is 25.8 Å². The van der Waals surface area contributed by atoms with Crippen LogP contribution in [-0.2, 0) is 6.54 Å². The van der Waals surface area contributed by atoms with Gasteiger partial charge in [-0.2, -0.15) is 0 Å². The van der Waals surface area contributed by atoms with Gasteiger partial charge in [0.2, 0.25) is 0 Å². The van der Waals surface area contributed by atoms with Gasteiger partial charge in [0.1, 0.15) is 5.82 Å². The van der Waals surface area contributed by atoms with E-state index >= 15 is 0 Å². The van der Waals surface area contributed by atoms with Gasteiger partial charge < -0.3 is 0 Å². The highest BCUT2D eigenvalue weighted by atomic mass is 79.9. The van der Waals surface area contributed by atoms with Crippen LogP contribution in [0, 0.1) is 11.7 Å². The van der Waals surface area contributed by atoms with Gasteiger partial charge in [0.15, 0.2) is 0 Å². The van der Waals surface area contributed by atoms with Gasteiger partial charge in [-0.25, -0.2) is 4.39 Å². The molecule has 0 bridgehead atoms. The molecular formula is C12H16BrFN2. The fourth-order valence-electron chi connectivity index (χ4n) is 2.22. The van der Waals surface area contributed by atoms with Gasteiger partial charge in [-0.3, -0.25) is 9.88 Å². The van der Waals surface area contributed by atoms with E-state index in [4.69, 9.17) is 0 Å². The molecule has 2 rings (SSSR count). The molecule has 1 atom stereocenters. The first kappa shape index (κ1) is 12.0. The van der Waals surface area contributed by atoms with Crippen LogP contribution in [0.25, 0.3) is 0 Å². The average molecular weight is 287 g/mol. The molecule has 1 aliphatic heterocycles. The molecule has 4 heteroatoms. The van der Waals surface area contributed by atoms with Crippen LogP contribution in [0.1, 0.15) is 18.4 Å². The van der Waals surface area contributed by atoms with E-state index in [0.717, 1.165) is 36.4 Å². The molecule has 0 saturated carbocycles. The molecule has 1 aromatic heterocycles. The maximum atomic E-state index is 13.0. The quantitative estimate of drug-likeness (QED) is 0.795. The highest BCUT2D eigenvalue weighted by molar-refractivity contribution is 9.09. The largest absolute Gasteiger partial charge is 0.299 e. The Bertz CT molecular complexity index is 346. The van der Waals surface area contributed by atoms with Crippen LogP contribution < -0.4 is 0 Å². The highest BCUT2D eigenvalue weighted by Crippen LogP contribution is 2.19. The minimum Gasteiger partial charge on any atom is -0.299 e. The zero-order valence-electron chi connectivity index (χ0n) is 9.20. The van der Waals surface area contributed by atoms with Crippen LogP contribution in [0.3, 0.4) is 0 Å². The number of rotatable bonds is 3. The third kappa shape index (κ3) is 3.25. The number of hydrogen-bond acceptors (Lipinski definition) is 2. The van der Waals surface area contributed by atoms with Gasteiger partial charge in [0.25, 0.3) is 0 Å². The van der Waals surface area contributed by atoms with Crippen LogP contribution in [0.15, 0.2) is 18.5 Å². The molecule has 0 N–H and O–H groups in total. The number of nitrogens with zero attached hydrogens (tertiary/aromatic N) is 2. The highest BCUT2D eigenvalue weighted by Gasteiger charge is 2.18. The molecule has 2 heterocycles.